The van der Waals surface area contributed by atoms with E-state index in [0.717, 1.165) is 110 Å². The maximum Gasteiger partial charge on any atom is 0.266 e. The van der Waals surface area contributed by atoms with Gasteiger partial charge in [-0.1, -0.05) is 146 Å². The lowest BCUT2D eigenvalue weighted by atomic mass is 10.1. The average Bonchev–Trinajstić information content (AvgIpc) is 4.38. The largest absolute Gasteiger partial charge is 0.309 e. The third kappa shape index (κ3) is 5.95. The highest BCUT2D eigenvalue weighted by Gasteiger charge is 2.25. The number of hydrogen-bond acceptors (Lipinski definition) is 4. The molecule has 0 radical (unpaired) electrons. The van der Waals surface area contributed by atoms with E-state index in [1.54, 1.807) is 0 Å². The number of para-hydroxylation sites is 8. The van der Waals surface area contributed by atoms with E-state index < -0.39 is 22.2 Å². The monoisotopic (exact) mass is 1030 g/mol. The first-order chi connectivity index (χ1) is 39.4. The Balaban J connectivity index is 0.904. The van der Waals surface area contributed by atoms with Gasteiger partial charge in [0.1, 0.15) is 0 Å². The Hall–Kier alpha value is -11.1. The third-order valence-corrected chi connectivity index (χ3v) is 16.5. The lowest BCUT2D eigenvalue weighted by Crippen LogP contribution is -2.24. The van der Waals surface area contributed by atoms with Gasteiger partial charge in [-0.3, -0.25) is 19.2 Å². The lowest BCUT2D eigenvalue weighted by molar-refractivity contribution is 0.977. The molecule has 374 valence electrons. The van der Waals surface area contributed by atoms with E-state index in [1.165, 1.54) is 21.3 Å². The Morgan fingerprint density at radius 1 is 0.163 bits per heavy atom. The van der Waals surface area contributed by atoms with Gasteiger partial charge in [-0.05, 0) is 97.1 Å². The molecule has 11 aromatic carbocycles. The fourth-order valence-electron chi connectivity index (χ4n) is 13.2. The second-order valence-electron chi connectivity index (χ2n) is 20.7. The van der Waals surface area contributed by atoms with Crippen molar-refractivity contribution in [1.82, 2.24) is 27.4 Å². The molecule has 6 aromatic heterocycles. The summed E-state index contributed by atoms with van der Waals surface area (Å²) in [6, 6.07) is 80.3. The van der Waals surface area contributed by atoms with Crippen LogP contribution in [-0.2, 0) is 0 Å². The van der Waals surface area contributed by atoms with Crippen molar-refractivity contribution in [2.24, 2.45) is 0 Å². The summed E-state index contributed by atoms with van der Waals surface area (Å²) in [6.45, 7) is 0. The van der Waals surface area contributed by atoms with Crippen molar-refractivity contribution in [1.29, 1.82) is 0 Å². The maximum atomic E-state index is 15.2. The van der Waals surface area contributed by atoms with E-state index in [9.17, 15) is 0 Å². The summed E-state index contributed by atoms with van der Waals surface area (Å²) in [5.41, 5.74) is 8.92. The maximum absolute atomic E-state index is 15.2. The summed E-state index contributed by atoms with van der Waals surface area (Å²) in [7, 11) is 0. The van der Waals surface area contributed by atoms with Gasteiger partial charge in [-0.25, -0.2) is 9.13 Å². The minimum Gasteiger partial charge on any atom is -0.309 e. The van der Waals surface area contributed by atoms with Crippen LogP contribution in [0.3, 0.4) is 0 Å². The zero-order valence-corrected chi connectivity index (χ0v) is 42.4. The molecule has 0 atom stereocenters. The zero-order valence-electron chi connectivity index (χ0n) is 42.4. The van der Waals surface area contributed by atoms with Crippen LogP contribution in [0.15, 0.2) is 262 Å². The van der Waals surface area contributed by atoms with Crippen molar-refractivity contribution < 1.29 is 0 Å². The number of aromatic nitrogens is 6. The predicted molar refractivity (Wildman–Crippen MR) is 325 cm³/mol. The Morgan fingerprint density at radius 3 is 0.487 bits per heavy atom. The second kappa shape index (κ2) is 16.2. The van der Waals surface area contributed by atoms with Crippen molar-refractivity contribution >= 4 is 109 Å². The van der Waals surface area contributed by atoms with Gasteiger partial charge in [-0.15, -0.1) is 0 Å². The lowest BCUT2D eigenvalue weighted by Gasteiger charge is -2.15. The smallest absolute Gasteiger partial charge is 0.266 e. The molecule has 0 aliphatic rings. The van der Waals surface area contributed by atoms with E-state index in [2.05, 4.69) is 127 Å². The van der Waals surface area contributed by atoms with Crippen molar-refractivity contribution in [2.45, 2.75) is 0 Å². The van der Waals surface area contributed by atoms with Crippen LogP contribution in [0.2, 0.25) is 0 Å². The quantitative estimate of drug-likeness (QED) is 0.166. The number of fused-ring (bicyclic) bond motifs is 14. The van der Waals surface area contributed by atoms with Gasteiger partial charge in [0.2, 0.25) is 0 Å². The number of benzene rings is 11. The van der Waals surface area contributed by atoms with Crippen LogP contribution >= 0.6 is 0 Å². The summed E-state index contributed by atoms with van der Waals surface area (Å²) >= 11 is 0. The highest BCUT2D eigenvalue weighted by molar-refractivity contribution is 6.13. The van der Waals surface area contributed by atoms with Gasteiger partial charge in [0, 0.05) is 43.1 Å². The number of rotatable bonds is 6. The van der Waals surface area contributed by atoms with Gasteiger partial charge in [0.05, 0.1) is 99.8 Å². The molecule has 17 rings (SSSR count). The van der Waals surface area contributed by atoms with Gasteiger partial charge < -0.3 is 18.3 Å². The first-order valence-electron chi connectivity index (χ1n) is 26.6. The van der Waals surface area contributed by atoms with Gasteiger partial charge in [0.25, 0.3) is 22.2 Å². The molecule has 0 fully saturated rings. The molecule has 0 N–H and O–H groups in total. The van der Waals surface area contributed by atoms with E-state index in [4.69, 9.17) is 0 Å². The summed E-state index contributed by atoms with van der Waals surface area (Å²) in [6.07, 6.45) is 0. The number of nitrogens with zero attached hydrogens (tertiary/aromatic N) is 6. The van der Waals surface area contributed by atoms with Crippen LogP contribution in [0, 0.1) is 0 Å². The Labute approximate surface area is 452 Å². The molecule has 0 aliphatic heterocycles. The Bertz CT molecular complexity index is 4890. The SMILES string of the molecule is O=c1c2cc3c(=O)n(-c4cc(-n5c6ccccc6c6ccccc65)cc(-n5c6ccccc6c6ccccc65)c4)c(=O)c3cc2c(=O)n1-c1cc(-n2c3ccccc3c3ccccc32)cc(-n2c3ccccc3c3ccccc32)c1. The minimum atomic E-state index is -0.596. The molecule has 80 heavy (non-hydrogen) atoms. The fraction of sp³-hybridized carbons (Fsp3) is 0. The Kier molecular flexibility index (Phi) is 8.93. The molecule has 0 amide bonds. The molecular formula is C70H40N6O4. The topological polar surface area (TPSA) is 97.9 Å². The van der Waals surface area contributed by atoms with E-state index in [0.29, 0.717) is 11.4 Å². The molecule has 0 spiro atoms. The molecule has 10 nitrogen and oxygen atoms in total. The molecule has 0 bridgehead atoms. The Morgan fingerprint density at radius 2 is 0.312 bits per heavy atom. The zero-order chi connectivity index (χ0) is 53.1. The van der Waals surface area contributed by atoms with Crippen LogP contribution in [-0.4, -0.2) is 27.4 Å². The first kappa shape index (κ1) is 44.1. The molecule has 0 saturated heterocycles. The molecule has 17 aromatic rings. The van der Waals surface area contributed by atoms with Crippen molar-refractivity contribution in [3.8, 4) is 34.1 Å². The highest BCUT2D eigenvalue weighted by Crippen LogP contribution is 2.39. The van der Waals surface area contributed by atoms with Crippen LogP contribution in [0.25, 0.3) is 143 Å². The van der Waals surface area contributed by atoms with Crippen molar-refractivity contribution in [3.63, 3.8) is 0 Å². The van der Waals surface area contributed by atoms with Gasteiger partial charge >= 0.3 is 0 Å². The second-order valence-corrected chi connectivity index (χ2v) is 20.7. The normalized spacial score (nSPS) is 12.2. The average molecular weight is 1030 g/mol. The molecular weight excluding hydrogens is 989 g/mol. The van der Waals surface area contributed by atoms with Crippen LogP contribution in [0.1, 0.15) is 0 Å². The fourth-order valence-corrected chi connectivity index (χ4v) is 13.2. The van der Waals surface area contributed by atoms with Gasteiger partial charge in [0.15, 0.2) is 0 Å². The molecule has 0 saturated carbocycles. The highest BCUT2D eigenvalue weighted by atomic mass is 16.2. The molecule has 0 unspecified atom stereocenters. The van der Waals surface area contributed by atoms with Gasteiger partial charge in [-0.2, -0.15) is 0 Å². The standard InChI is InChI=1S/C70H40N6O4/c77-67-55-39-57-58(70(80)76(69(57)79)46-37-43(73-63-29-13-5-21-51(63)52-22-6-14-30-64(52)73)34-44(38-46)74-65-31-15-7-23-53(65)54-24-8-16-32-66(54)74)40-56(55)68(78)75(67)45-35-41(71-59-25-9-1-17-47(59)48-18-2-10-26-60(48)71)33-42(36-45)72-61-27-11-3-19-49(61)50-20-4-12-28-62(50)72/h1-40H. The van der Waals surface area contributed by atoms with E-state index in [-0.39, 0.29) is 21.5 Å². The predicted octanol–water partition coefficient (Wildman–Crippen LogP) is 14.3. The van der Waals surface area contributed by atoms with Crippen LogP contribution in [0.4, 0.5) is 0 Å². The molecule has 10 heteroatoms. The van der Waals surface area contributed by atoms with E-state index >= 15 is 19.2 Å². The number of hydrogen-bond donors (Lipinski definition) is 0. The minimum absolute atomic E-state index is 0.0439. The summed E-state index contributed by atoms with van der Waals surface area (Å²) in [4.78, 5) is 61.0. The van der Waals surface area contributed by atoms with Crippen LogP contribution < -0.4 is 22.2 Å². The summed E-state index contributed by atoms with van der Waals surface area (Å²) in [5.74, 6) is 0. The third-order valence-electron chi connectivity index (χ3n) is 16.5. The molecule has 6 heterocycles. The van der Waals surface area contributed by atoms with Crippen molar-refractivity contribution in [2.75, 3.05) is 0 Å². The summed E-state index contributed by atoms with van der Waals surface area (Å²) < 4.78 is 11.1. The van der Waals surface area contributed by atoms with Crippen LogP contribution in [0.5, 0.6) is 0 Å². The first-order valence-corrected chi connectivity index (χ1v) is 26.6. The van der Waals surface area contributed by atoms with E-state index in [1.807, 2.05) is 121 Å². The van der Waals surface area contributed by atoms with Crippen molar-refractivity contribution in [3.05, 3.63) is 284 Å². The molecule has 0 aliphatic carbocycles. The summed E-state index contributed by atoms with van der Waals surface area (Å²) in [5, 5.41) is 8.67.